The summed E-state index contributed by atoms with van der Waals surface area (Å²) in [5.41, 5.74) is 0.309. The predicted octanol–water partition coefficient (Wildman–Crippen LogP) is 0.996. The SMILES string of the molecule is O=C(O)Cn1cccc1C(=O)NC1CCCCCC1O. The Labute approximate surface area is 117 Å². The quantitative estimate of drug-likeness (QED) is 0.717. The second kappa shape index (κ2) is 6.56. The van der Waals surface area contributed by atoms with Crippen LogP contribution in [0.15, 0.2) is 18.3 Å². The van der Waals surface area contributed by atoms with Crippen molar-refractivity contribution < 1.29 is 19.8 Å². The molecule has 1 aromatic heterocycles. The number of aliphatic hydroxyl groups excluding tert-OH is 1. The number of aromatic nitrogens is 1. The average molecular weight is 280 g/mol. The van der Waals surface area contributed by atoms with E-state index in [1.54, 1.807) is 18.3 Å². The summed E-state index contributed by atoms with van der Waals surface area (Å²) in [7, 11) is 0. The molecule has 1 aliphatic carbocycles. The van der Waals surface area contributed by atoms with Crippen LogP contribution in [0.2, 0.25) is 0 Å². The van der Waals surface area contributed by atoms with Crippen molar-refractivity contribution in [2.45, 2.75) is 50.8 Å². The van der Waals surface area contributed by atoms with Gasteiger partial charge in [-0.05, 0) is 25.0 Å². The number of carbonyl (C=O) groups is 2. The fourth-order valence-electron chi connectivity index (χ4n) is 2.60. The van der Waals surface area contributed by atoms with Gasteiger partial charge in [-0.1, -0.05) is 19.3 Å². The van der Waals surface area contributed by atoms with Gasteiger partial charge in [-0.2, -0.15) is 0 Å². The predicted molar refractivity (Wildman–Crippen MR) is 72.4 cm³/mol. The van der Waals surface area contributed by atoms with Crippen molar-refractivity contribution in [3.05, 3.63) is 24.0 Å². The summed E-state index contributed by atoms with van der Waals surface area (Å²) in [4.78, 5) is 22.9. The molecule has 2 rings (SSSR count). The number of carboxylic acid groups (broad SMARTS) is 1. The highest BCUT2D eigenvalue weighted by Gasteiger charge is 2.24. The molecule has 20 heavy (non-hydrogen) atoms. The fraction of sp³-hybridized carbons (Fsp3) is 0.571. The lowest BCUT2D eigenvalue weighted by Gasteiger charge is -2.22. The summed E-state index contributed by atoms with van der Waals surface area (Å²) < 4.78 is 1.39. The largest absolute Gasteiger partial charge is 0.480 e. The first-order chi connectivity index (χ1) is 9.58. The molecule has 1 amide bonds. The molecule has 1 aromatic rings. The molecule has 6 nitrogen and oxygen atoms in total. The Hall–Kier alpha value is -1.82. The van der Waals surface area contributed by atoms with E-state index in [-0.39, 0.29) is 18.5 Å². The van der Waals surface area contributed by atoms with Crippen LogP contribution in [0.4, 0.5) is 0 Å². The zero-order valence-electron chi connectivity index (χ0n) is 11.3. The summed E-state index contributed by atoms with van der Waals surface area (Å²) in [6, 6.07) is 2.97. The number of carboxylic acids is 1. The topological polar surface area (TPSA) is 91.6 Å². The molecule has 0 bridgehead atoms. The number of hydrogen-bond acceptors (Lipinski definition) is 3. The van der Waals surface area contributed by atoms with Gasteiger partial charge in [0, 0.05) is 6.20 Å². The minimum atomic E-state index is -0.996. The molecule has 1 aliphatic rings. The molecule has 2 unspecified atom stereocenters. The third-order valence-corrected chi connectivity index (χ3v) is 3.66. The van der Waals surface area contributed by atoms with Gasteiger partial charge in [-0.25, -0.2) is 0 Å². The molecule has 0 aromatic carbocycles. The number of rotatable bonds is 4. The third-order valence-electron chi connectivity index (χ3n) is 3.66. The molecule has 6 heteroatoms. The minimum Gasteiger partial charge on any atom is -0.480 e. The van der Waals surface area contributed by atoms with Gasteiger partial charge in [0.25, 0.3) is 5.91 Å². The number of aliphatic carboxylic acids is 1. The van der Waals surface area contributed by atoms with Crippen molar-refractivity contribution in [2.24, 2.45) is 0 Å². The Bertz CT molecular complexity index is 483. The second-order valence-electron chi connectivity index (χ2n) is 5.20. The van der Waals surface area contributed by atoms with Crippen molar-refractivity contribution in [1.29, 1.82) is 0 Å². The highest BCUT2D eigenvalue weighted by Crippen LogP contribution is 2.18. The molecule has 0 saturated heterocycles. The molecule has 1 saturated carbocycles. The Balaban J connectivity index is 2.04. The number of nitrogens with zero attached hydrogens (tertiary/aromatic N) is 1. The van der Waals surface area contributed by atoms with Gasteiger partial charge in [0.15, 0.2) is 0 Å². The van der Waals surface area contributed by atoms with E-state index in [0.717, 1.165) is 25.7 Å². The Kier molecular flexibility index (Phi) is 4.79. The minimum absolute atomic E-state index is 0.247. The van der Waals surface area contributed by atoms with E-state index in [2.05, 4.69) is 5.32 Å². The standard InChI is InChI=1S/C14H20N2O4/c17-12-7-3-1-2-5-10(12)15-14(20)11-6-4-8-16(11)9-13(18)19/h4,6,8,10,12,17H,1-3,5,7,9H2,(H,15,20)(H,18,19). The van der Waals surface area contributed by atoms with Gasteiger partial charge in [0.1, 0.15) is 12.2 Å². The van der Waals surface area contributed by atoms with Crippen molar-refractivity contribution in [3.63, 3.8) is 0 Å². The lowest BCUT2D eigenvalue weighted by atomic mass is 10.1. The first-order valence-electron chi connectivity index (χ1n) is 6.94. The zero-order chi connectivity index (χ0) is 14.5. The molecule has 1 fully saturated rings. The van der Waals surface area contributed by atoms with Gasteiger partial charge >= 0.3 is 5.97 Å². The van der Waals surface area contributed by atoms with Crippen molar-refractivity contribution in [3.8, 4) is 0 Å². The van der Waals surface area contributed by atoms with Gasteiger partial charge in [-0.3, -0.25) is 9.59 Å². The summed E-state index contributed by atoms with van der Waals surface area (Å²) >= 11 is 0. The highest BCUT2D eigenvalue weighted by atomic mass is 16.4. The van der Waals surface area contributed by atoms with Gasteiger partial charge < -0.3 is 20.1 Å². The number of aliphatic hydroxyl groups is 1. The Morgan fingerprint density at radius 2 is 2.05 bits per heavy atom. The second-order valence-corrected chi connectivity index (χ2v) is 5.20. The van der Waals surface area contributed by atoms with Gasteiger partial charge in [0.2, 0.25) is 0 Å². The number of nitrogens with one attached hydrogen (secondary N) is 1. The maximum absolute atomic E-state index is 12.2. The molecular formula is C14H20N2O4. The van der Waals surface area contributed by atoms with Gasteiger partial charge in [0.05, 0.1) is 12.1 Å². The first-order valence-corrected chi connectivity index (χ1v) is 6.94. The van der Waals surface area contributed by atoms with E-state index in [9.17, 15) is 14.7 Å². The van der Waals surface area contributed by atoms with Crippen LogP contribution in [0.1, 0.15) is 42.6 Å². The molecule has 1 heterocycles. The summed E-state index contributed by atoms with van der Waals surface area (Å²) in [5.74, 6) is -1.33. The molecular weight excluding hydrogens is 260 g/mol. The van der Waals surface area contributed by atoms with Crippen LogP contribution in [0.3, 0.4) is 0 Å². The fourth-order valence-corrected chi connectivity index (χ4v) is 2.60. The maximum atomic E-state index is 12.2. The van der Waals surface area contributed by atoms with E-state index < -0.39 is 12.1 Å². The molecule has 3 N–H and O–H groups in total. The van der Waals surface area contributed by atoms with E-state index >= 15 is 0 Å². The molecule has 0 spiro atoms. The van der Waals surface area contributed by atoms with Crippen LogP contribution in [0.25, 0.3) is 0 Å². The summed E-state index contributed by atoms with van der Waals surface area (Å²) in [5, 5.41) is 21.6. The van der Waals surface area contributed by atoms with E-state index in [1.165, 1.54) is 4.57 Å². The van der Waals surface area contributed by atoms with Crippen molar-refractivity contribution in [2.75, 3.05) is 0 Å². The zero-order valence-corrected chi connectivity index (χ0v) is 11.3. The van der Waals surface area contributed by atoms with E-state index in [4.69, 9.17) is 5.11 Å². The highest BCUT2D eigenvalue weighted by molar-refractivity contribution is 5.93. The van der Waals surface area contributed by atoms with Crippen LogP contribution in [-0.4, -0.2) is 38.8 Å². The van der Waals surface area contributed by atoms with Gasteiger partial charge in [-0.15, -0.1) is 0 Å². The number of hydrogen-bond donors (Lipinski definition) is 3. The van der Waals surface area contributed by atoms with Crippen LogP contribution in [-0.2, 0) is 11.3 Å². The average Bonchev–Trinajstić information content (AvgIpc) is 2.74. The molecule has 110 valence electrons. The molecule has 0 radical (unpaired) electrons. The van der Waals surface area contributed by atoms with E-state index in [0.29, 0.717) is 12.1 Å². The first kappa shape index (κ1) is 14.6. The lowest BCUT2D eigenvalue weighted by molar-refractivity contribution is -0.137. The van der Waals surface area contributed by atoms with Crippen molar-refractivity contribution >= 4 is 11.9 Å². The summed E-state index contributed by atoms with van der Waals surface area (Å²) in [6.45, 7) is -0.247. The normalized spacial score (nSPS) is 23.1. The number of carbonyl (C=O) groups excluding carboxylic acids is 1. The smallest absolute Gasteiger partial charge is 0.323 e. The Morgan fingerprint density at radius 1 is 1.30 bits per heavy atom. The third kappa shape index (κ3) is 3.60. The molecule has 2 atom stereocenters. The monoisotopic (exact) mass is 280 g/mol. The number of amides is 1. The molecule has 0 aliphatic heterocycles. The van der Waals surface area contributed by atoms with Crippen molar-refractivity contribution in [1.82, 2.24) is 9.88 Å². The van der Waals surface area contributed by atoms with E-state index in [1.807, 2.05) is 0 Å². The van der Waals surface area contributed by atoms with Crippen LogP contribution in [0.5, 0.6) is 0 Å². The van der Waals surface area contributed by atoms with Crippen LogP contribution >= 0.6 is 0 Å². The Morgan fingerprint density at radius 3 is 2.80 bits per heavy atom. The maximum Gasteiger partial charge on any atom is 0.323 e. The van der Waals surface area contributed by atoms with Crippen LogP contribution < -0.4 is 5.32 Å². The van der Waals surface area contributed by atoms with Crippen LogP contribution in [0, 0.1) is 0 Å². The summed E-state index contributed by atoms with van der Waals surface area (Å²) in [6.07, 6.45) is 5.52. The lowest BCUT2D eigenvalue weighted by Crippen LogP contribution is -2.43.